The predicted molar refractivity (Wildman–Crippen MR) is 114 cm³/mol. The maximum Gasteiger partial charge on any atom is 0.335 e. The molecular formula is C23H15Cl2NO3. The van der Waals surface area contributed by atoms with Gasteiger partial charge in [0.15, 0.2) is 0 Å². The summed E-state index contributed by atoms with van der Waals surface area (Å²) in [4.78, 5) is 10.9. The topological polar surface area (TPSA) is 70.3 Å². The summed E-state index contributed by atoms with van der Waals surface area (Å²) in [6, 6.07) is 21.0. The normalized spacial score (nSPS) is 11.0. The highest BCUT2D eigenvalue weighted by molar-refractivity contribution is 6.36. The number of carbonyl (C=O) groups is 1. The maximum atomic E-state index is 10.9. The fourth-order valence-corrected chi connectivity index (χ4v) is 3.16. The van der Waals surface area contributed by atoms with Gasteiger partial charge < -0.3 is 9.84 Å². The van der Waals surface area contributed by atoms with Gasteiger partial charge in [0, 0.05) is 10.6 Å². The van der Waals surface area contributed by atoms with Gasteiger partial charge in [-0.25, -0.2) is 4.79 Å². The molecule has 0 fully saturated rings. The van der Waals surface area contributed by atoms with Crippen LogP contribution in [-0.4, -0.2) is 11.1 Å². The zero-order valence-corrected chi connectivity index (χ0v) is 16.6. The summed E-state index contributed by atoms with van der Waals surface area (Å²) in [5.41, 5.74) is 2.87. The number of rotatable bonds is 6. The van der Waals surface area contributed by atoms with Crippen LogP contribution in [0.15, 0.2) is 66.7 Å². The predicted octanol–water partition coefficient (Wildman–Crippen LogP) is 6.33. The van der Waals surface area contributed by atoms with Gasteiger partial charge >= 0.3 is 5.97 Å². The van der Waals surface area contributed by atoms with E-state index in [1.165, 1.54) is 12.1 Å². The van der Waals surface area contributed by atoms with Crippen molar-refractivity contribution < 1.29 is 14.6 Å². The molecule has 0 saturated heterocycles. The Kier molecular flexibility index (Phi) is 6.56. The number of benzene rings is 3. The highest BCUT2D eigenvalue weighted by Gasteiger charge is 2.08. The molecule has 0 saturated carbocycles. The van der Waals surface area contributed by atoms with Gasteiger partial charge in [0.25, 0.3) is 0 Å². The van der Waals surface area contributed by atoms with E-state index in [9.17, 15) is 10.1 Å². The molecule has 0 aliphatic carbocycles. The number of hydrogen-bond donors (Lipinski definition) is 1. The van der Waals surface area contributed by atoms with E-state index in [0.29, 0.717) is 33.5 Å². The highest BCUT2D eigenvalue weighted by atomic mass is 35.5. The standard InChI is InChI=1S/C23H15Cl2NO3/c24-19-8-9-21(22(25)12-19)18(13-26)10-16-2-1-3-20(11-16)29-14-15-4-6-17(7-5-15)23(27)28/h1-12H,14H2,(H,27,28)/b18-10+. The van der Waals surface area contributed by atoms with Crippen molar-refractivity contribution in [1.82, 2.24) is 0 Å². The Hall–Kier alpha value is -3.26. The Labute approximate surface area is 178 Å². The van der Waals surface area contributed by atoms with Crippen LogP contribution in [0.4, 0.5) is 0 Å². The summed E-state index contributed by atoms with van der Waals surface area (Å²) in [6.45, 7) is 0.293. The summed E-state index contributed by atoms with van der Waals surface area (Å²) >= 11 is 12.1. The lowest BCUT2D eigenvalue weighted by Gasteiger charge is -2.08. The average molecular weight is 424 g/mol. The zero-order valence-electron chi connectivity index (χ0n) is 15.1. The lowest BCUT2D eigenvalue weighted by molar-refractivity contribution is 0.0697. The molecule has 3 rings (SSSR count). The minimum absolute atomic E-state index is 0.228. The zero-order chi connectivity index (χ0) is 20.8. The van der Waals surface area contributed by atoms with E-state index >= 15 is 0 Å². The lowest BCUT2D eigenvalue weighted by Crippen LogP contribution is -1.99. The molecular weight excluding hydrogens is 409 g/mol. The number of halogens is 2. The van der Waals surface area contributed by atoms with Gasteiger partial charge in [-0.05, 0) is 53.6 Å². The Bertz CT molecular complexity index is 1120. The van der Waals surface area contributed by atoms with Crippen molar-refractivity contribution in [1.29, 1.82) is 5.26 Å². The van der Waals surface area contributed by atoms with E-state index in [1.54, 1.807) is 36.4 Å². The molecule has 0 aromatic heterocycles. The highest BCUT2D eigenvalue weighted by Crippen LogP contribution is 2.28. The van der Waals surface area contributed by atoms with Crippen molar-refractivity contribution in [3.63, 3.8) is 0 Å². The molecule has 0 amide bonds. The van der Waals surface area contributed by atoms with Crippen LogP contribution in [-0.2, 0) is 6.61 Å². The number of nitrogens with zero attached hydrogens (tertiary/aromatic N) is 1. The van der Waals surface area contributed by atoms with Crippen molar-refractivity contribution >= 4 is 40.8 Å². The average Bonchev–Trinajstić information content (AvgIpc) is 2.71. The van der Waals surface area contributed by atoms with Gasteiger partial charge in [0.05, 0.1) is 22.2 Å². The third-order valence-electron chi connectivity index (χ3n) is 4.12. The molecule has 0 aliphatic heterocycles. The molecule has 1 N–H and O–H groups in total. The number of ether oxygens (including phenoxy) is 1. The van der Waals surface area contributed by atoms with E-state index in [-0.39, 0.29) is 5.56 Å². The second-order valence-electron chi connectivity index (χ2n) is 6.16. The fourth-order valence-electron chi connectivity index (χ4n) is 2.65. The summed E-state index contributed by atoms with van der Waals surface area (Å²) in [5.74, 6) is -0.341. The molecule has 0 atom stereocenters. The molecule has 3 aromatic carbocycles. The first-order valence-corrected chi connectivity index (χ1v) is 9.34. The van der Waals surface area contributed by atoms with Gasteiger partial charge in [-0.3, -0.25) is 0 Å². The third-order valence-corrected chi connectivity index (χ3v) is 4.67. The fraction of sp³-hybridized carbons (Fsp3) is 0.0435. The van der Waals surface area contributed by atoms with Gasteiger partial charge in [-0.2, -0.15) is 5.26 Å². The van der Waals surface area contributed by atoms with Crippen LogP contribution in [0.3, 0.4) is 0 Å². The van der Waals surface area contributed by atoms with E-state index in [2.05, 4.69) is 6.07 Å². The smallest absolute Gasteiger partial charge is 0.335 e. The van der Waals surface area contributed by atoms with Crippen molar-refractivity contribution in [2.75, 3.05) is 0 Å². The van der Waals surface area contributed by atoms with Crippen LogP contribution in [0, 0.1) is 11.3 Å². The van der Waals surface area contributed by atoms with Crippen LogP contribution in [0.5, 0.6) is 5.75 Å². The molecule has 0 spiro atoms. The molecule has 3 aromatic rings. The molecule has 0 unspecified atom stereocenters. The van der Waals surface area contributed by atoms with Crippen molar-refractivity contribution in [3.8, 4) is 11.8 Å². The number of hydrogen-bond acceptors (Lipinski definition) is 3. The van der Waals surface area contributed by atoms with E-state index < -0.39 is 5.97 Å². The van der Waals surface area contributed by atoms with Crippen LogP contribution < -0.4 is 4.74 Å². The summed E-state index contributed by atoms with van der Waals surface area (Å²) in [7, 11) is 0. The largest absolute Gasteiger partial charge is 0.489 e. The number of carboxylic acids is 1. The molecule has 29 heavy (non-hydrogen) atoms. The number of aromatic carboxylic acids is 1. The second kappa shape index (κ2) is 9.29. The van der Waals surface area contributed by atoms with Gasteiger partial charge in [0.1, 0.15) is 12.4 Å². The summed E-state index contributed by atoms with van der Waals surface area (Å²) in [5, 5.41) is 19.4. The summed E-state index contributed by atoms with van der Waals surface area (Å²) < 4.78 is 5.79. The SMILES string of the molecule is N#C/C(=C\c1cccc(OCc2ccc(C(=O)O)cc2)c1)c1ccc(Cl)cc1Cl. The van der Waals surface area contributed by atoms with Crippen LogP contribution in [0.2, 0.25) is 10.0 Å². The van der Waals surface area contributed by atoms with Crippen molar-refractivity contribution in [2.45, 2.75) is 6.61 Å². The number of carboxylic acid groups (broad SMARTS) is 1. The van der Waals surface area contributed by atoms with Gasteiger partial charge in [-0.15, -0.1) is 0 Å². The van der Waals surface area contributed by atoms with E-state index in [0.717, 1.165) is 11.1 Å². The summed E-state index contributed by atoms with van der Waals surface area (Å²) in [6.07, 6.45) is 1.73. The maximum absolute atomic E-state index is 10.9. The molecule has 0 radical (unpaired) electrons. The molecule has 0 bridgehead atoms. The third kappa shape index (κ3) is 5.39. The van der Waals surface area contributed by atoms with Gasteiger partial charge in [-0.1, -0.05) is 53.5 Å². The Balaban J connectivity index is 1.77. The number of allylic oxidation sites excluding steroid dienone is 1. The Morgan fingerprint density at radius 3 is 2.48 bits per heavy atom. The van der Waals surface area contributed by atoms with Crippen LogP contribution >= 0.6 is 23.2 Å². The monoisotopic (exact) mass is 423 g/mol. The minimum atomic E-state index is -0.967. The quantitative estimate of drug-likeness (QED) is 0.371. The molecule has 4 nitrogen and oxygen atoms in total. The lowest BCUT2D eigenvalue weighted by atomic mass is 10.0. The van der Waals surface area contributed by atoms with E-state index in [1.807, 2.05) is 24.3 Å². The first-order valence-electron chi connectivity index (χ1n) is 8.58. The molecule has 144 valence electrons. The van der Waals surface area contributed by atoms with Crippen LogP contribution in [0.25, 0.3) is 11.6 Å². The number of nitriles is 1. The molecule has 0 aliphatic rings. The van der Waals surface area contributed by atoms with Crippen LogP contribution in [0.1, 0.15) is 27.0 Å². The van der Waals surface area contributed by atoms with Crippen molar-refractivity contribution in [2.24, 2.45) is 0 Å². The molecule has 6 heteroatoms. The molecule has 0 heterocycles. The Morgan fingerprint density at radius 1 is 1.07 bits per heavy atom. The first-order chi connectivity index (χ1) is 14.0. The van der Waals surface area contributed by atoms with E-state index in [4.69, 9.17) is 33.0 Å². The minimum Gasteiger partial charge on any atom is -0.489 e. The first kappa shape index (κ1) is 20.5. The van der Waals surface area contributed by atoms with Gasteiger partial charge in [0.2, 0.25) is 0 Å². The second-order valence-corrected chi connectivity index (χ2v) is 7.00. The van der Waals surface area contributed by atoms with Crippen molar-refractivity contribution in [3.05, 3.63) is 99.0 Å². The Morgan fingerprint density at radius 2 is 1.83 bits per heavy atom.